The number of ether oxygens (including phenoxy) is 2. The minimum Gasteiger partial charge on any atom is -0.461 e. The van der Waals surface area contributed by atoms with Gasteiger partial charge in [0.1, 0.15) is 12.2 Å². The van der Waals surface area contributed by atoms with Gasteiger partial charge in [-0.2, -0.15) is 0 Å². The highest BCUT2D eigenvalue weighted by Gasteiger charge is 2.20. The van der Waals surface area contributed by atoms with E-state index in [9.17, 15) is 9.59 Å². The maximum Gasteiger partial charge on any atom is 0.337 e. The molecule has 0 aliphatic rings. The molecule has 0 aliphatic heterocycles. The van der Waals surface area contributed by atoms with Crippen LogP contribution in [0.25, 0.3) is 0 Å². The second-order valence-corrected chi connectivity index (χ2v) is 4.42. The number of esters is 2. The molecule has 0 amide bonds. The van der Waals surface area contributed by atoms with Crippen LogP contribution in [-0.2, 0) is 19.1 Å². The summed E-state index contributed by atoms with van der Waals surface area (Å²) in [5.74, 6) is -0.846. The third-order valence-corrected chi connectivity index (χ3v) is 1.54. The van der Waals surface area contributed by atoms with Gasteiger partial charge in [0, 0.05) is 6.92 Å². The first-order chi connectivity index (χ1) is 7.26. The highest BCUT2D eigenvalue weighted by atomic mass is 16.6. The van der Waals surface area contributed by atoms with Gasteiger partial charge in [-0.25, -0.2) is 4.79 Å². The van der Waals surface area contributed by atoms with E-state index in [-0.39, 0.29) is 6.61 Å². The van der Waals surface area contributed by atoms with Crippen molar-refractivity contribution in [3.05, 3.63) is 11.6 Å². The lowest BCUT2D eigenvalue weighted by molar-refractivity contribution is -0.151. The zero-order valence-electron chi connectivity index (χ0n) is 10.6. The Morgan fingerprint density at radius 2 is 1.81 bits per heavy atom. The topological polar surface area (TPSA) is 52.6 Å². The Labute approximate surface area is 96.6 Å². The Morgan fingerprint density at radius 3 is 2.19 bits per heavy atom. The van der Waals surface area contributed by atoms with E-state index < -0.39 is 17.5 Å². The second kappa shape index (κ2) is 6.30. The van der Waals surface area contributed by atoms with Crippen LogP contribution in [0.5, 0.6) is 0 Å². The molecule has 0 aromatic rings. The Bertz CT molecular complexity index is 284. The van der Waals surface area contributed by atoms with E-state index in [4.69, 9.17) is 9.47 Å². The third kappa shape index (κ3) is 7.04. The fourth-order valence-electron chi connectivity index (χ4n) is 0.971. The number of rotatable bonds is 4. The van der Waals surface area contributed by atoms with Crippen LogP contribution >= 0.6 is 0 Å². The van der Waals surface area contributed by atoms with Crippen LogP contribution in [0.3, 0.4) is 0 Å². The van der Waals surface area contributed by atoms with Crippen molar-refractivity contribution in [1.82, 2.24) is 0 Å². The molecule has 0 saturated carbocycles. The summed E-state index contributed by atoms with van der Waals surface area (Å²) in [7, 11) is 0. The molecule has 0 rings (SSSR count). The summed E-state index contributed by atoms with van der Waals surface area (Å²) in [5, 5.41) is 0. The molecule has 16 heavy (non-hydrogen) atoms. The van der Waals surface area contributed by atoms with Crippen molar-refractivity contribution in [2.24, 2.45) is 0 Å². The first kappa shape index (κ1) is 14.7. The molecule has 0 aliphatic carbocycles. The van der Waals surface area contributed by atoms with E-state index in [1.807, 2.05) is 6.92 Å². The summed E-state index contributed by atoms with van der Waals surface area (Å²) >= 11 is 0. The molecule has 0 fully saturated rings. The molecule has 0 aromatic heterocycles. The summed E-state index contributed by atoms with van der Waals surface area (Å²) in [6, 6.07) is 0. The fraction of sp³-hybridized carbons (Fsp3) is 0.667. The van der Waals surface area contributed by atoms with Gasteiger partial charge in [-0.1, -0.05) is 13.0 Å². The molecule has 4 nitrogen and oxygen atoms in total. The standard InChI is InChI=1S/C12H20O4/c1-6-7-10(8-15-9(2)13)11(14)16-12(3,4)5/h7H,6,8H2,1-5H3. The van der Waals surface area contributed by atoms with Crippen molar-refractivity contribution < 1.29 is 19.1 Å². The highest BCUT2D eigenvalue weighted by molar-refractivity contribution is 5.89. The Kier molecular flexibility index (Phi) is 5.78. The van der Waals surface area contributed by atoms with E-state index in [1.165, 1.54) is 6.92 Å². The summed E-state index contributed by atoms with van der Waals surface area (Å²) < 4.78 is 9.97. The van der Waals surface area contributed by atoms with E-state index in [1.54, 1.807) is 26.8 Å². The highest BCUT2D eigenvalue weighted by Crippen LogP contribution is 2.11. The van der Waals surface area contributed by atoms with Crippen LogP contribution < -0.4 is 0 Å². The summed E-state index contributed by atoms with van der Waals surface area (Å²) in [6.07, 6.45) is 2.40. The predicted molar refractivity (Wildman–Crippen MR) is 60.9 cm³/mol. The van der Waals surface area contributed by atoms with E-state index in [0.717, 1.165) is 0 Å². The number of carbonyl (C=O) groups excluding carboxylic acids is 2. The van der Waals surface area contributed by atoms with E-state index >= 15 is 0 Å². The van der Waals surface area contributed by atoms with E-state index in [0.29, 0.717) is 12.0 Å². The zero-order chi connectivity index (χ0) is 12.8. The van der Waals surface area contributed by atoms with Crippen molar-refractivity contribution in [1.29, 1.82) is 0 Å². The number of allylic oxidation sites excluding steroid dienone is 1. The predicted octanol–water partition coefficient (Wildman–Crippen LogP) is 2.23. The van der Waals surface area contributed by atoms with Gasteiger partial charge >= 0.3 is 11.9 Å². The molecular weight excluding hydrogens is 208 g/mol. The first-order valence-electron chi connectivity index (χ1n) is 5.32. The van der Waals surface area contributed by atoms with Crippen molar-refractivity contribution in [3.63, 3.8) is 0 Å². The van der Waals surface area contributed by atoms with Crippen LogP contribution in [-0.4, -0.2) is 24.1 Å². The molecule has 0 bridgehead atoms. The van der Waals surface area contributed by atoms with Gasteiger partial charge in [0.05, 0.1) is 5.57 Å². The lowest BCUT2D eigenvalue weighted by atomic mass is 10.2. The van der Waals surface area contributed by atoms with Gasteiger partial charge in [-0.05, 0) is 27.2 Å². The number of carbonyl (C=O) groups is 2. The van der Waals surface area contributed by atoms with Crippen molar-refractivity contribution >= 4 is 11.9 Å². The van der Waals surface area contributed by atoms with Crippen LogP contribution in [0.4, 0.5) is 0 Å². The van der Waals surface area contributed by atoms with Crippen molar-refractivity contribution in [3.8, 4) is 0 Å². The molecule has 0 saturated heterocycles. The monoisotopic (exact) mass is 228 g/mol. The molecule has 0 aromatic carbocycles. The van der Waals surface area contributed by atoms with Crippen LogP contribution in [0.15, 0.2) is 11.6 Å². The summed E-state index contributed by atoms with van der Waals surface area (Å²) in [6.45, 7) is 8.55. The van der Waals surface area contributed by atoms with E-state index in [2.05, 4.69) is 0 Å². The molecule has 0 unspecified atom stereocenters. The van der Waals surface area contributed by atoms with Gasteiger partial charge < -0.3 is 9.47 Å². The van der Waals surface area contributed by atoms with Crippen LogP contribution in [0.1, 0.15) is 41.0 Å². The smallest absolute Gasteiger partial charge is 0.337 e. The van der Waals surface area contributed by atoms with Gasteiger partial charge in [0.2, 0.25) is 0 Å². The Hall–Kier alpha value is -1.32. The third-order valence-electron chi connectivity index (χ3n) is 1.54. The van der Waals surface area contributed by atoms with Crippen LogP contribution in [0.2, 0.25) is 0 Å². The Morgan fingerprint density at radius 1 is 1.25 bits per heavy atom. The zero-order valence-corrected chi connectivity index (χ0v) is 10.6. The average molecular weight is 228 g/mol. The molecule has 4 heteroatoms. The molecule has 0 heterocycles. The number of hydrogen-bond donors (Lipinski definition) is 0. The van der Waals surface area contributed by atoms with Crippen molar-refractivity contribution in [2.45, 2.75) is 46.6 Å². The quantitative estimate of drug-likeness (QED) is 0.547. The largest absolute Gasteiger partial charge is 0.461 e. The molecule has 0 spiro atoms. The molecule has 0 atom stereocenters. The SMILES string of the molecule is CCC=C(COC(C)=O)C(=O)OC(C)(C)C. The molecular formula is C12H20O4. The maximum atomic E-state index is 11.7. The first-order valence-corrected chi connectivity index (χ1v) is 5.32. The van der Waals surface area contributed by atoms with Crippen molar-refractivity contribution in [2.75, 3.05) is 6.61 Å². The minimum atomic E-state index is -0.542. The van der Waals surface area contributed by atoms with Gasteiger partial charge in [0.15, 0.2) is 0 Å². The van der Waals surface area contributed by atoms with Gasteiger partial charge in [-0.3, -0.25) is 4.79 Å². The minimum absolute atomic E-state index is 0.0297. The lowest BCUT2D eigenvalue weighted by Gasteiger charge is -2.20. The normalized spacial score (nSPS) is 12.2. The fourth-order valence-corrected chi connectivity index (χ4v) is 0.971. The average Bonchev–Trinajstić information content (AvgIpc) is 2.08. The maximum absolute atomic E-state index is 11.7. The number of hydrogen-bond acceptors (Lipinski definition) is 4. The Balaban J connectivity index is 4.49. The van der Waals surface area contributed by atoms with Gasteiger partial charge in [-0.15, -0.1) is 0 Å². The second-order valence-electron chi connectivity index (χ2n) is 4.42. The van der Waals surface area contributed by atoms with Gasteiger partial charge in [0.25, 0.3) is 0 Å². The van der Waals surface area contributed by atoms with Crippen LogP contribution in [0, 0.1) is 0 Å². The summed E-state index contributed by atoms with van der Waals surface area (Å²) in [4.78, 5) is 22.3. The molecule has 92 valence electrons. The molecule has 0 radical (unpaired) electrons. The lowest BCUT2D eigenvalue weighted by Crippen LogP contribution is -2.26. The molecule has 0 N–H and O–H groups in total. The summed E-state index contributed by atoms with van der Waals surface area (Å²) in [5.41, 5.74) is -0.159.